The molecule has 0 aromatic heterocycles. The van der Waals surface area contributed by atoms with Crippen molar-refractivity contribution >= 4 is 0 Å². The molecule has 1 saturated carbocycles. The highest BCUT2D eigenvalue weighted by Gasteiger charge is 2.38. The van der Waals surface area contributed by atoms with Crippen LogP contribution < -0.4 is 5.73 Å². The molecule has 2 aliphatic rings. The first kappa shape index (κ1) is 9.37. The summed E-state index contributed by atoms with van der Waals surface area (Å²) < 4.78 is 5.47. The second-order valence-electron chi connectivity index (χ2n) is 4.90. The largest absolute Gasteiger partial charge is 0.376 e. The number of ether oxygens (including phenoxy) is 1. The highest BCUT2D eigenvalue weighted by molar-refractivity contribution is 5.38. The van der Waals surface area contributed by atoms with Crippen LogP contribution in [0.1, 0.15) is 29.5 Å². The number of nitrogens with two attached hydrogens (primary N) is 1. The summed E-state index contributed by atoms with van der Waals surface area (Å²) in [5.41, 5.74) is 10.6. The van der Waals surface area contributed by atoms with E-state index in [1.165, 1.54) is 29.5 Å². The van der Waals surface area contributed by atoms with Crippen molar-refractivity contribution in [3.63, 3.8) is 0 Å². The Balaban J connectivity index is 1.92. The van der Waals surface area contributed by atoms with Gasteiger partial charge in [0, 0.05) is 5.54 Å². The van der Waals surface area contributed by atoms with Crippen molar-refractivity contribution in [1.82, 2.24) is 0 Å². The zero-order chi connectivity index (χ0) is 10.3. The molecular formula is C13H17NO. The third-order valence-corrected chi connectivity index (χ3v) is 3.56. The molecule has 0 saturated heterocycles. The van der Waals surface area contributed by atoms with Gasteiger partial charge < -0.3 is 10.5 Å². The molecule has 2 nitrogen and oxygen atoms in total. The van der Waals surface area contributed by atoms with Crippen molar-refractivity contribution in [3.8, 4) is 0 Å². The van der Waals surface area contributed by atoms with Crippen molar-refractivity contribution in [2.75, 3.05) is 6.61 Å². The number of fused-ring (bicyclic) bond motifs is 1. The minimum atomic E-state index is 0.118. The minimum absolute atomic E-state index is 0.118. The number of hydrogen-bond donors (Lipinski definition) is 1. The van der Waals surface area contributed by atoms with E-state index in [-0.39, 0.29) is 5.54 Å². The van der Waals surface area contributed by atoms with Crippen LogP contribution in [0.4, 0.5) is 0 Å². The summed E-state index contributed by atoms with van der Waals surface area (Å²) in [6.07, 6.45) is 4.48. The molecule has 3 rings (SSSR count). The van der Waals surface area contributed by atoms with Crippen LogP contribution in [0, 0.1) is 0 Å². The predicted molar refractivity (Wildman–Crippen MR) is 59.7 cm³/mol. The topological polar surface area (TPSA) is 35.2 Å². The van der Waals surface area contributed by atoms with Crippen LogP contribution in [0.2, 0.25) is 0 Å². The third kappa shape index (κ3) is 1.80. The van der Waals surface area contributed by atoms with E-state index in [4.69, 9.17) is 10.5 Å². The van der Waals surface area contributed by atoms with Gasteiger partial charge in [-0.25, -0.2) is 0 Å². The van der Waals surface area contributed by atoms with Gasteiger partial charge in [-0.3, -0.25) is 0 Å². The maximum atomic E-state index is 6.18. The average Bonchev–Trinajstić information content (AvgIpc) is 2.97. The van der Waals surface area contributed by atoms with Gasteiger partial charge in [-0.05, 0) is 42.4 Å². The summed E-state index contributed by atoms with van der Waals surface area (Å²) in [5.74, 6) is 0. The molecule has 15 heavy (non-hydrogen) atoms. The van der Waals surface area contributed by atoms with Crippen LogP contribution in [-0.2, 0) is 24.2 Å². The molecule has 1 aromatic rings. The summed E-state index contributed by atoms with van der Waals surface area (Å²) in [6.45, 7) is 1.64. The summed E-state index contributed by atoms with van der Waals surface area (Å²) in [6, 6.07) is 6.54. The quantitative estimate of drug-likeness (QED) is 0.795. The van der Waals surface area contributed by atoms with Crippen LogP contribution >= 0.6 is 0 Å². The molecule has 0 atom stereocenters. The van der Waals surface area contributed by atoms with E-state index >= 15 is 0 Å². The maximum Gasteiger partial charge on any atom is 0.0719 e. The highest BCUT2D eigenvalue weighted by Crippen LogP contribution is 2.37. The van der Waals surface area contributed by atoms with Gasteiger partial charge in [-0.1, -0.05) is 18.2 Å². The molecule has 1 heterocycles. The second kappa shape index (κ2) is 3.32. The third-order valence-electron chi connectivity index (χ3n) is 3.56. The number of benzene rings is 1. The van der Waals surface area contributed by atoms with Gasteiger partial charge in [-0.2, -0.15) is 0 Å². The molecule has 0 amide bonds. The molecule has 1 aliphatic heterocycles. The standard InChI is InChI=1S/C13H17NO/c14-13(5-6-13)8-10-2-1-3-11-9-15-7-4-12(10)11/h1-3H,4-9,14H2. The number of hydrogen-bond acceptors (Lipinski definition) is 2. The second-order valence-corrected chi connectivity index (χ2v) is 4.90. The summed E-state index contributed by atoms with van der Waals surface area (Å²) >= 11 is 0. The average molecular weight is 203 g/mol. The smallest absolute Gasteiger partial charge is 0.0719 e. The highest BCUT2D eigenvalue weighted by atomic mass is 16.5. The monoisotopic (exact) mass is 203 g/mol. The Labute approximate surface area is 90.4 Å². The van der Waals surface area contributed by atoms with Crippen LogP contribution in [0.5, 0.6) is 0 Å². The molecule has 0 spiro atoms. The van der Waals surface area contributed by atoms with E-state index in [2.05, 4.69) is 18.2 Å². The molecule has 0 bridgehead atoms. The van der Waals surface area contributed by atoms with Crippen molar-refractivity contribution in [2.24, 2.45) is 5.73 Å². The summed E-state index contributed by atoms with van der Waals surface area (Å²) in [4.78, 5) is 0. The molecular weight excluding hydrogens is 186 g/mol. The summed E-state index contributed by atoms with van der Waals surface area (Å²) in [5, 5.41) is 0. The van der Waals surface area contributed by atoms with E-state index in [9.17, 15) is 0 Å². The first-order valence-electron chi connectivity index (χ1n) is 5.73. The normalized spacial score (nSPS) is 22.2. The Morgan fingerprint density at radius 2 is 2.20 bits per heavy atom. The maximum absolute atomic E-state index is 6.18. The van der Waals surface area contributed by atoms with E-state index < -0.39 is 0 Å². The molecule has 2 N–H and O–H groups in total. The zero-order valence-corrected chi connectivity index (χ0v) is 8.96. The zero-order valence-electron chi connectivity index (χ0n) is 8.96. The molecule has 1 fully saturated rings. The van der Waals surface area contributed by atoms with Gasteiger partial charge in [0.2, 0.25) is 0 Å². The Hall–Kier alpha value is -0.860. The molecule has 0 radical (unpaired) electrons. The van der Waals surface area contributed by atoms with Gasteiger partial charge >= 0.3 is 0 Å². The van der Waals surface area contributed by atoms with E-state index in [1.807, 2.05) is 0 Å². The SMILES string of the molecule is NC1(Cc2cccc3c2CCOC3)CC1. The lowest BCUT2D eigenvalue weighted by Gasteiger charge is -2.21. The lowest BCUT2D eigenvalue weighted by Crippen LogP contribution is -2.26. The van der Waals surface area contributed by atoms with E-state index in [0.29, 0.717) is 0 Å². The lowest BCUT2D eigenvalue weighted by molar-refractivity contribution is 0.110. The van der Waals surface area contributed by atoms with Gasteiger partial charge in [0.1, 0.15) is 0 Å². The molecule has 0 unspecified atom stereocenters. The Morgan fingerprint density at radius 1 is 1.33 bits per heavy atom. The first-order valence-corrected chi connectivity index (χ1v) is 5.73. The molecule has 1 aliphatic carbocycles. The fraction of sp³-hybridized carbons (Fsp3) is 0.538. The van der Waals surface area contributed by atoms with Gasteiger partial charge in [-0.15, -0.1) is 0 Å². The fourth-order valence-corrected chi connectivity index (χ4v) is 2.38. The van der Waals surface area contributed by atoms with E-state index in [0.717, 1.165) is 26.1 Å². The molecule has 80 valence electrons. The van der Waals surface area contributed by atoms with Gasteiger partial charge in [0.05, 0.1) is 13.2 Å². The lowest BCUT2D eigenvalue weighted by atomic mass is 9.92. The predicted octanol–water partition coefficient (Wildman–Crippen LogP) is 1.79. The Morgan fingerprint density at radius 3 is 3.00 bits per heavy atom. The van der Waals surface area contributed by atoms with Crippen molar-refractivity contribution in [1.29, 1.82) is 0 Å². The van der Waals surface area contributed by atoms with Crippen molar-refractivity contribution in [3.05, 3.63) is 34.9 Å². The summed E-state index contributed by atoms with van der Waals surface area (Å²) in [7, 11) is 0. The minimum Gasteiger partial charge on any atom is -0.376 e. The Bertz CT molecular complexity index is 382. The molecule has 2 heteroatoms. The van der Waals surface area contributed by atoms with Crippen molar-refractivity contribution < 1.29 is 4.74 Å². The van der Waals surface area contributed by atoms with Gasteiger partial charge in [0.25, 0.3) is 0 Å². The van der Waals surface area contributed by atoms with Crippen LogP contribution in [0.25, 0.3) is 0 Å². The molecule has 1 aromatic carbocycles. The fourth-order valence-electron chi connectivity index (χ4n) is 2.38. The van der Waals surface area contributed by atoms with Crippen molar-refractivity contribution in [2.45, 2.75) is 37.8 Å². The van der Waals surface area contributed by atoms with Crippen LogP contribution in [0.3, 0.4) is 0 Å². The number of rotatable bonds is 2. The van der Waals surface area contributed by atoms with Gasteiger partial charge in [0.15, 0.2) is 0 Å². The first-order chi connectivity index (χ1) is 7.27. The van der Waals surface area contributed by atoms with E-state index in [1.54, 1.807) is 0 Å². The van der Waals surface area contributed by atoms with Crippen LogP contribution in [0.15, 0.2) is 18.2 Å². The Kier molecular flexibility index (Phi) is 2.08. The van der Waals surface area contributed by atoms with Crippen LogP contribution in [-0.4, -0.2) is 12.1 Å².